The van der Waals surface area contributed by atoms with Gasteiger partial charge in [-0.05, 0) is 44.9 Å². The summed E-state index contributed by atoms with van der Waals surface area (Å²) in [5.74, 6) is -1.83. The Morgan fingerprint density at radius 2 is 0.889 bits per heavy atom. The van der Waals surface area contributed by atoms with Crippen molar-refractivity contribution < 1.29 is 38.2 Å². The van der Waals surface area contributed by atoms with E-state index in [0.29, 0.717) is 12.8 Å². The lowest BCUT2D eigenvalue weighted by Gasteiger charge is -2.34. The molecule has 2 atom stereocenters. The summed E-state index contributed by atoms with van der Waals surface area (Å²) in [4.78, 5) is 37.0. The molecule has 0 fully saturated rings. The third kappa shape index (κ3) is 44.0. The predicted octanol–water partition coefficient (Wildman–Crippen LogP) is 13.6. The van der Waals surface area contributed by atoms with E-state index in [1.807, 2.05) is 12.2 Å². The van der Waals surface area contributed by atoms with E-state index in [9.17, 15) is 19.5 Å². The Labute approximate surface area is 388 Å². The molecule has 0 saturated carbocycles. The fourth-order valence-electron chi connectivity index (χ4n) is 7.47. The lowest BCUT2D eigenvalue weighted by atomic mass is 10.0. The number of quaternary nitrogens is 1. The molecule has 2 unspecified atom stereocenters. The molecule has 0 aliphatic rings. The molecule has 0 N–H and O–H groups in total. The van der Waals surface area contributed by atoms with Gasteiger partial charge < -0.3 is 28.6 Å². The zero-order valence-electron chi connectivity index (χ0n) is 41.5. The average Bonchev–Trinajstić information content (AvgIpc) is 3.24. The number of carbonyl (C=O) groups excluding carboxylic acids is 3. The molecule has 0 aliphatic heterocycles. The van der Waals surface area contributed by atoms with Gasteiger partial charge in [-0.3, -0.25) is 9.59 Å². The number of hydrogen-bond acceptors (Lipinski definition) is 7. The molecular formula is C55H97NO7. The molecule has 0 aromatic carbocycles. The van der Waals surface area contributed by atoms with Gasteiger partial charge in [0.2, 0.25) is 0 Å². The Bertz CT molecular complexity index is 1210. The smallest absolute Gasteiger partial charge is 0.306 e. The van der Waals surface area contributed by atoms with Gasteiger partial charge in [0, 0.05) is 19.3 Å². The number of esters is 2. The molecule has 0 bridgehead atoms. The van der Waals surface area contributed by atoms with Crippen LogP contribution in [-0.2, 0) is 28.6 Å². The Balaban J connectivity index is 4.27. The largest absolute Gasteiger partial charge is 0.544 e. The van der Waals surface area contributed by atoms with E-state index in [4.69, 9.17) is 14.2 Å². The van der Waals surface area contributed by atoms with Crippen LogP contribution in [0.3, 0.4) is 0 Å². The molecule has 0 aromatic rings. The zero-order chi connectivity index (χ0) is 46.3. The second kappa shape index (κ2) is 45.6. The van der Waals surface area contributed by atoms with Crippen molar-refractivity contribution in [1.82, 2.24) is 0 Å². The Kier molecular flexibility index (Phi) is 43.4. The number of aliphatic carboxylic acids is 1. The van der Waals surface area contributed by atoms with E-state index in [1.165, 1.54) is 128 Å². The number of unbranched alkanes of at least 4 members (excludes halogenated alkanes) is 22. The normalized spacial score (nSPS) is 13.3. The second-order valence-electron chi connectivity index (χ2n) is 18.4. The minimum Gasteiger partial charge on any atom is -0.544 e. The van der Waals surface area contributed by atoms with Crippen molar-refractivity contribution in [1.29, 1.82) is 0 Å². The predicted molar refractivity (Wildman–Crippen MR) is 263 cm³/mol. The fourth-order valence-corrected chi connectivity index (χ4v) is 7.47. The first-order valence-electron chi connectivity index (χ1n) is 25.8. The number of allylic oxidation sites excluding steroid dienone is 10. The summed E-state index contributed by atoms with van der Waals surface area (Å²) in [7, 11) is 5.39. The van der Waals surface area contributed by atoms with Crippen molar-refractivity contribution >= 4 is 17.9 Å². The van der Waals surface area contributed by atoms with E-state index in [1.54, 1.807) is 21.1 Å². The third-order valence-electron chi connectivity index (χ3n) is 11.4. The molecule has 0 saturated heterocycles. The molecule has 364 valence electrons. The molecule has 0 radical (unpaired) electrons. The van der Waals surface area contributed by atoms with E-state index >= 15 is 0 Å². The van der Waals surface area contributed by atoms with Gasteiger partial charge in [-0.1, -0.05) is 216 Å². The zero-order valence-corrected chi connectivity index (χ0v) is 41.5. The summed E-state index contributed by atoms with van der Waals surface area (Å²) >= 11 is 0. The number of nitrogens with zero attached hydrogens (tertiary/aromatic N) is 1. The maximum Gasteiger partial charge on any atom is 0.306 e. The summed E-state index contributed by atoms with van der Waals surface area (Å²) in [6.45, 7) is 4.49. The quantitative estimate of drug-likeness (QED) is 0.0260. The highest BCUT2D eigenvalue weighted by atomic mass is 16.6. The summed E-state index contributed by atoms with van der Waals surface area (Å²) in [6.07, 6.45) is 57.1. The first kappa shape index (κ1) is 60.0. The lowest BCUT2D eigenvalue weighted by Crippen LogP contribution is -2.55. The molecule has 8 nitrogen and oxygen atoms in total. The summed E-state index contributed by atoms with van der Waals surface area (Å²) < 4.78 is 17.2. The van der Waals surface area contributed by atoms with Crippen molar-refractivity contribution in [3.8, 4) is 0 Å². The number of carboxylic acids is 1. The standard InChI is InChI=1S/C55H97NO7/c1-6-8-10-12-14-16-18-20-22-24-25-26-27-28-29-30-32-34-36-38-40-42-44-46-54(58)63-51(49-61-48-47-52(55(59)60)56(3,4)5)50-62-53(57)45-43-41-39-37-35-33-31-23-21-19-17-15-13-11-9-7-2/h9,11,15,17,21,23,33,35,39,41,51-52H,6-8,10,12-14,16,18-20,22,24-32,34,36-38,40,42-50H2,1-5H3/b11-9+,17-15+,23-21+,35-33+,41-39+. The van der Waals surface area contributed by atoms with Crippen LogP contribution in [0.15, 0.2) is 60.8 Å². The van der Waals surface area contributed by atoms with Crippen molar-refractivity contribution in [3.63, 3.8) is 0 Å². The molecule has 0 rings (SSSR count). The maximum absolute atomic E-state index is 12.8. The van der Waals surface area contributed by atoms with Crippen LogP contribution in [0.2, 0.25) is 0 Å². The van der Waals surface area contributed by atoms with E-state index in [2.05, 4.69) is 62.5 Å². The molecular weight excluding hydrogens is 787 g/mol. The summed E-state index contributed by atoms with van der Waals surface area (Å²) in [5, 5.41) is 11.7. The SMILES string of the molecule is CC/C=C/C/C=C/C/C=C/C/C=C/C/C=C/CCC(=O)OCC(COCCC(C(=O)[O-])[N+](C)(C)C)OC(=O)CCCCCCCCCCCCCCCCCCCCCCCCC. The number of likely N-dealkylation sites (N-methyl/N-ethyl adjacent to an activating group) is 1. The molecule has 8 heteroatoms. The number of ether oxygens (including phenoxy) is 3. The average molecular weight is 884 g/mol. The molecule has 0 amide bonds. The Morgan fingerprint density at radius 3 is 1.29 bits per heavy atom. The topological polar surface area (TPSA) is 102 Å². The van der Waals surface area contributed by atoms with Gasteiger partial charge in [0.1, 0.15) is 12.6 Å². The van der Waals surface area contributed by atoms with Gasteiger partial charge in [0.25, 0.3) is 0 Å². The highest BCUT2D eigenvalue weighted by molar-refractivity contribution is 5.70. The second-order valence-corrected chi connectivity index (χ2v) is 18.4. The van der Waals surface area contributed by atoms with Crippen molar-refractivity contribution in [3.05, 3.63) is 60.8 Å². The highest BCUT2D eigenvalue weighted by Crippen LogP contribution is 2.16. The summed E-state index contributed by atoms with van der Waals surface area (Å²) in [5.41, 5.74) is 0. The van der Waals surface area contributed by atoms with Gasteiger partial charge in [-0.2, -0.15) is 0 Å². The van der Waals surface area contributed by atoms with Crippen LogP contribution in [-0.4, -0.2) is 75.5 Å². The van der Waals surface area contributed by atoms with Gasteiger partial charge in [0.05, 0.1) is 40.3 Å². The monoisotopic (exact) mass is 884 g/mol. The van der Waals surface area contributed by atoms with Crippen LogP contribution >= 0.6 is 0 Å². The first-order chi connectivity index (χ1) is 30.6. The number of hydrogen-bond donors (Lipinski definition) is 0. The van der Waals surface area contributed by atoms with Gasteiger partial charge in [-0.15, -0.1) is 0 Å². The maximum atomic E-state index is 12.8. The van der Waals surface area contributed by atoms with Crippen molar-refractivity contribution in [2.75, 3.05) is 41.0 Å². The van der Waals surface area contributed by atoms with Gasteiger partial charge in [0.15, 0.2) is 6.10 Å². The lowest BCUT2D eigenvalue weighted by molar-refractivity contribution is -0.889. The fraction of sp³-hybridized carbons (Fsp3) is 0.764. The van der Waals surface area contributed by atoms with E-state index in [0.717, 1.165) is 51.4 Å². The van der Waals surface area contributed by atoms with Gasteiger partial charge in [-0.25, -0.2) is 0 Å². The minimum atomic E-state index is -1.13. The summed E-state index contributed by atoms with van der Waals surface area (Å²) in [6, 6.07) is -0.737. The van der Waals surface area contributed by atoms with Crippen LogP contribution in [0.1, 0.15) is 219 Å². The van der Waals surface area contributed by atoms with E-state index < -0.39 is 18.1 Å². The Morgan fingerprint density at radius 1 is 0.492 bits per heavy atom. The number of carboxylic acid groups (broad SMARTS) is 1. The van der Waals surface area contributed by atoms with Crippen molar-refractivity contribution in [2.45, 2.75) is 231 Å². The first-order valence-corrected chi connectivity index (χ1v) is 25.8. The molecule has 0 aromatic heterocycles. The van der Waals surface area contributed by atoms with Crippen LogP contribution < -0.4 is 5.11 Å². The third-order valence-corrected chi connectivity index (χ3v) is 11.4. The van der Waals surface area contributed by atoms with Crippen LogP contribution in [0.25, 0.3) is 0 Å². The minimum absolute atomic E-state index is 0.0180. The number of carbonyl (C=O) groups is 3. The Hall–Kier alpha value is -2.97. The van der Waals surface area contributed by atoms with Crippen molar-refractivity contribution in [2.24, 2.45) is 0 Å². The van der Waals surface area contributed by atoms with Gasteiger partial charge >= 0.3 is 11.9 Å². The molecule has 63 heavy (non-hydrogen) atoms. The van der Waals surface area contributed by atoms with E-state index in [-0.39, 0.29) is 49.1 Å². The molecule has 0 spiro atoms. The van der Waals surface area contributed by atoms with Crippen LogP contribution in [0.5, 0.6) is 0 Å². The molecule has 0 aliphatic carbocycles. The van der Waals surface area contributed by atoms with Crippen LogP contribution in [0, 0.1) is 0 Å². The molecule has 0 heterocycles. The highest BCUT2D eigenvalue weighted by Gasteiger charge is 2.25. The number of rotatable bonds is 46. The van der Waals surface area contributed by atoms with Crippen LogP contribution in [0.4, 0.5) is 0 Å².